The Labute approximate surface area is 78.3 Å². The van der Waals surface area contributed by atoms with E-state index in [1.807, 2.05) is 10.8 Å². The van der Waals surface area contributed by atoms with E-state index in [-0.39, 0.29) is 0 Å². The van der Waals surface area contributed by atoms with E-state index in [1.54, 1.807) is 0 Å². The van der Waals surface area contributed by atoms with Crippen molar-refractivity contribution in [1.82, 2.24) is 0 Å². The Morgan fingerprint density at radius 1 is 0.909 bits per heavy atom. The fourth-order valence-electron chi connectivity index (χ4n) is 1.65. The van der Waals surface area contributed by atoms with Crippen LogP contribution >= 0.6 is 21.6 Å². The van der Waals surface area contributed by atoms with Crippen LogP contribution in [0.4, 0.5) is 0 Å². The topological polar surface area (TPSA) is 0 Å². The van der Waals surface area contributed by atoms with Crippen LogP contribution in [0.3, 0.4) is 0 Å². The minimum Gasteiger partial charge on any atom is -0.0973 e. The van der Waals surface area contributed by atoms with Crippen molar-refractivity contribution < 1.29 is 0 Å². The van der Waals surface area contributed by atoms with E-state index < -0.39 is 0 Å². The molecule has 1 saturated carbocycles. The predicted molar refractivity (Wildman–Crippen MR) is 57.2 cm³/mol. The third-order valence-corrected chi connectivity index (χ3v) is 4.61. The number of hydrogen-bond acceptors (Lipinski definition) is 2. The molecular formula is C9H18S2. The molecule has 0 unspecified atom stereocenters. The average molecular weight is 190 g/mol. The summed E-state index contributed by atoms with van der Waals surface area (Å²) < 4.78 is 0. The quantitative estimate of drug-likeness (QED) is 0.601. The molecule has 0 aromatic carbocycles. The lowest BCUT2D eigenvalue weighted by Gasteiger charge is -2.17. The number of hydrogen-bond donors (Lipinski definition) is 0. The average Bonchev–Trinajstić information content (AvgIpc) is 1.94. The smallest absolute Gasteiger partial charge is 0.0151 e. The second-order valence-electron chi connectivity index (χ2n) is 3.23. The Bertz CT molecular complexity index is 85.6. The predicted octanol–water partition coefficient (Wildman–Crippen LogP) is 4.11. The summed E-state index contributed by atoms with van der Waals surface area (Å²) in [6.45, 7) is 0. The Hall–Kier alpha value is 0.700. The van der Waals surface area contributed by atoms with Crippen LogP contribution in [0.2, 0.25) is 0 Å². The van der Waals surface area contributed by atoms with Gasteiger partial charge in [0.25, 0.3) is 0 Å². The van der Waals surface area contributed by atoms with E-state index in [0.29, 0.717) is 0 Å². The van der Waals surface area contributed by atoms with Gasteiger partial charge in [-0.2, -0.15) is 0 Å². The molecule has 2 heteroatoms. The summed E-state index contributed by atoms with van der Waals surface area (Å²) in [5.74, 6) is 0. The fourth-order valence-corrected chi connectivity index (χ4v) is 3.84. The van der Waals surface area contributed by atoms with E-state index in [4.69, 9.17) is 0 Å². The van der Waals surface area contributed by atoms with Gasteiger partial charge < -0.3 is 0 Å². The molecule has 11 heavy (non-hydrogen) atoms. The third kappa shape index (κ3) is 4.32. The highest BCUT2D eigenvalue weighted by atomic mass is 33.1. The van der Waals surface area contributed by atoms with E-state index in [9.17, 15) is 0 Å². The molecule has 0 heterocycles. The minimum atomic E-state index is 0.963. The SMILES string of the molecule is CSSC1CCCCCCC1. The molecule has 0 aromatic heterocycles. The van der Waals surface area contributed by atoms with Crippen molar-refractivity contribution in [1.29, 1.82) is 0 Å². The van der Waals surface area contributed by atoms with Crippen LogP contribution in [-0.2, 0) is 0 Å². The van der Waals surface area contributed by atoms with Crippen LogP contribution in [0.15, 0.2) is 0 Å². The Balaban J connectivity index is 2.15. The second-order valence-corrected chi connectivity index (χ2v) is 6.00. The van der Waals surface area contributed by atoms with Crippen LogP contribution in [0.25, 0.3) is 0 Å². The first-order valence-electron chi connectivity index (χ1n) is 4.63. The fraction of sp³-hybridized carbons (Fsp3) is 1.00. The summed E-state index contributed by atoms with van der Waals surface area (Å²) in [4.78, 5) is 0. The highest BCUT2D eigenvalue weighted by Gasteiger charge is 2.10. The van der Waals surface area contributed by atoms with E-state index >= 15 is 0 Å². The summed E-state index contributed by atoms with van der Waals surface area (Å²) in [6, 6.07) is 0. The molecule has 1 rings (SSSR count). The maximum Gasteiger partial charge on any atom is 0.0151 e. The van der Waals surface area contributed by atoms with Gasteiger partial charge in [-0.3, -0.25) is 0 Å². The molecule has 0 bridgehead atoms. The molecule has 66 valence electrons. The van der Waals surface area contributed by atoms with Crippen LogP contribution in [-0.4, -0.2) is 11.5 Å². The standard InChI is InChI=1S/C9H18S2/c1-10-11-9-7-5-3-2-4-6-8-9/h9H,2-8H2,1H3. The van der Waals surface area contributed by atoms with E-state index in [1.165, 1.54) is 44.9 Å². The summed E-state index contributed by atoms with van der Waals surface area (Å²) in [5.41, 5.74) is 0. The molecule has 0 nitrogen and oxygen atoms in total. The number of rotatable bonds is 2. The molecule has 1 aliphatic rings. The molecule has 0 saturated heterocycles. The van der Waals surface area contributed by atoms with Crippen LogP contribution < -0.4 is 0 Å². The Morgan fingerprint density at radius 3 is 2.00 bits per heavy atom. The molecule has 1 fully saturated rings. The van der Waals surface area contributed by atoms with Crippen molar-refractivity contribution in [3.63, 3.8) is 0 Å². The highest BCUT2D eigenvalue weighted by molar-refractivity contribution is 8.76. The Morgan fingerprint density at radius 2 is 1.45 bits per heavy atom. The van der Waals surface area contributed by atoms with Gasteiger partial charge in [-0.1, -0.05) is 53.7 Å². The van der Waals surface area contributed by atoms with Crippen molar-refractivity contribution >= 4 is 21.6 Å². The lowest BCUT2D eigenvalue weighted by atomic mass is 10.0. The molecular weight excluding hydrogens is 172 g/mol. The van der Waals surface area contributed by atoms with Gasteiger partial charge in [0.05, 0.1) is 0 Å². The summed E-state index contributed by atoms with van der Waals surface area (Å²) in [6.07, 6.45) is 12.5. The second kappa shape index (κ2) is 6.24. The normalized spacial score (nSPS) is 22.6. The molecule has 0 atom stereocenters. The molecule has 0 radical (unpaired) electrons. The maximum absolute atomic E-state index is 2.20. The third-order valence-electron chi connectivity index (χ3n) is 2.28. The van der Waals surface area contributed by atoms with Gasteiger partial charge in [0.1, 0.15) is 0 Å². The van der Waals surface area contributed by atoms with Crippen molar-refractivity contribution in [2.45, 2.75) is 50.2 Å². The van der Waals surface area contributed by atoms with Gasteiger partial charge in [0.2, 0.25) is 0 Å². The zero-order valence-corrected chi connectivity index (χ0v) is 8.98. The molecule has 0 aliphatic heterocycles. The first kappa shape index (κ1) is 9.79. The van der Waals surface area contributed by atoms with Gasteiger partial charge in [0.15, 0.2) is 0 Å². The summed E-state index contributed by atoms with van der Waals surface area (Å²) >= 11 is 0. The van der Waals surface area contributed by atoms with Crippen LogP contribution in [0.5, 0.6) is 0 Å². The summed E-state index contributed by atoms with van der Waals surface area (Å²) in [5, 5.41) is 0.963. The van der Waals surface area contributed by atoms with Crippen LogP contribution in [0.1, 0.15) is 44.9 Å². The van der Waals surface area contributed by atoms with Gasteiger partial charge in [-0.25, -0.2) is 0 Å². The summed E-state index contributed by atoms with van der Waals surface area (Å²) in [7, 11) is 4.03. The van der Waals surface area contributed by atoms with Gasteiger partial charge in [0, 0.05) is 5.25 Å². The van der Waals surface area contributed by atoms with Crippen molar-refractivity contribution in [2.24, 2.45) is 0 Å². The molecule has 1 aliphatic carbocycles. The first-order chi connectivity index (χ1) is 5.43. The first-order valence-corrected chi connectivity index (χ1v) is 7.25. The molecule has 0 amide bonds. The van der Waals surface area contributed by atoms with Crippen molar-refractivity contribution in [2.75, 3.05) is 6.26 Å². The zero-order valence-electron chi connectivity index (χ0n) is 7.34. The van der Waals surface area contributed by atoms with Crippen molar-refractivity contribution in [3.8, 4) is 0 Å². The minimum absolute atomic E-state index is 0.963. The van der Waals surface area contributed by atoms with E-state index in [0.717, 1.165) is 5.25 Å². The molecule has 0 N–H and O–H groups in total. The lowest BCUT2D eigenvalue weighted by Crippen LogP contribution is -2.03. The Kier molecular flexibility index (Phi) is 5.55. The van der Waals surface area contributed by atoms with Crippen LogP contribution in [0, 0.1) is 0 Å². The monoisotopic (exact) mass is 190 g/mol. The lowest BCUT2D eigenvalue weighted by molar-refractivity contribution is 0.514. The van der Waals surface area contributed by atoms with Gasteiger partial charge in [-0.05, 0) is 19.1 Å². The van der Waals surface area contributed by atoms with Crippen molar-refractivity contribution in [3.05, 3.63) is 0 Å². The highest BCUT2D eigenvalue weighted by Crippen LogP contribution is 2.32. The molecule has 0 spiro atoms. The van der Waals surface area contributed by atoms with E-state index in [2.05, 4.69) is 17.0 Å². The van der Waals surface area contributed by atoms with Gasteiger partial charge in [-0.15, -0.1) is 0 Å². The maximum atomic E-state index is 2.20. The van der Waals surface area contributed by atoms with Gasteiger partial charge >= 0.3 is 0 Å². The zero-order chi connectivity index (χ0) is 7.94. The largest absolute Gasteiger partial charge is 0.0973 e. The molecule has 0 aromatic rings.